The van der Waals surface area contributed by atoms with Crippen LogP contribution in [0.2, 0.25) is 0 Å². The lowest BCUT2D eigenvalue weighted by Gasteiger charge is -2.12. The van der Waals surface area contributed by atoms with Gasteiger partial charge in [-0.25, -0.2) is 0 Å². The van der Waals surface area contributed by atoms with E-state index in [1.165, 1.54) is 0 Å². The lowest BCUT2D eigenvalue weighted by molar-refractivity contribution is -0.117. The Bertz CT molecular complexity index is 1470. The van der Waals surface area contributed by atoms with E-state index in [1.807, 2.05) is 67.7 Å². The van der Waals surface area contributed by atoms with Crippen LogP contribution in [0.25, 0.3) is 17.0 Å². The molecule has 0 saturated heterocycles. The van der Waals surface area contributed by atoms with E-state index in [9.17, 15) is 9.59 Å². The Morgan fingerprint density at radius 2 is 1.68 bits per heavy atom. The van der Waals surface area contributed by atoms with E-state index in [-0.39, 0.29) is 17.5 Å². The summed E-state index contributed by atoms with van der Waals surface area (Å²) in [5, 5.41) is 6.80. The molecule has 0 unspecified atom stereocenters. The number of rotatable bonds is 10. The summed E-state index contributed by atoms with van der Waals surface area (Å²) in [5.74, 6) is 0.579. The van der Waals surface area contributed by atoms with Crippen LogP contribution >= 0.6 is 0 Å². The third kappa shape index (κ3) is 6.06. The number of aromatic nitrogens is 1. The van der Waals surface area contributed by atoms with Gasteiger partial charge in [-0.3, -0.25) is 9.59 Å². The number of benzene rings is 3. The van der Waals surface area contributed by atoms with Gasteiger partial charge in [0.05, 0.1) is 14.2 Å². The number of ether oxygens (including phenoxy) is 2. The van der Waals surface area contributed by atoms with Crippen molar-refractivity contribution in [1.29, 1.82) is 0 Å². The molecule has 0 aliphatic heterocycles. The first-order valence-corrected chi connectivity index (χ1v) is 12.6. The first kappa shape index (κ1) is 26.5. The van der Waals surface area contributed by atoms with Gasteiger partial charge < -0.3 is 24.7 Å². The molecule has 0 fully saturated rings. The van der Waals surface area contributed by atoms with Gasteiger partial charge in [0, 0.05) is 41.3 Å². The fourth-order valence-corrected chi connectivity index (χ4v) is 4.32. The molecule has 4 aromatic rings. The van der Waals surface area contributed by atoms with Crippen molar-refractivity contribution in [1.82, 2.24) is 15.2 Å². The van der Waals surface area contributed by atoms with Crippen LogP contribution in [0.5, 0.6) is 11.5 Å². The van der Waals surface area contributed by atoms with Crippen LogP contribution in [0.3, 0.4) is 0 Å². The van der Waals surface area contributed by atoms with Crippen LogP contribution in [-0.2, 0) is 17.8 Å². The molecule has 0 aliphatic rings. The predicted molar refractivity (Wildman–Crippen MR) is 150 cm³/mol. The van der Waals surface area contributed by atoms with E-state index in [0.29, 0.717) is 30.0 Å². The Morgan fingerprint density at radius 1 is 0.947 bits per heavy atom. The normalized spacial score (nSPS) is 11.3. The van der Waals surface area contributed by atoms with Gasteiger partial charge in [0.1, 0.15) is 5.70 Å². The largest absolute Gasteiger partial charge is 0.493 e. The zero-order chi connectivity index (χ0) is 27.1. The quantitative estimate of drug-likeness (QED) is 0.290. The average molecular weight is 512 g/mol. The number of carbonyl (C=O) groups excluding carboxylic acids is 2. The molecule has 0 atom stereocenters. The van der Waals surface area contributed by atoms with Crippen LogP contribution in [0.4, 0.5) is 0 Å². The number of nitrogens with zero attached hydrogens (tertiary/aromatic N) is 1. The summed E-state index contributed by atoms with van der Waals surface area (Å²) < 4.78 is 12.8. The summed E-state index contributed by atoms with van der Waals surface area (Å²) in [6.07, 6.45) is 4.33. The molecule has 196 valence electrons. The third-order valence-electron chi connectivity index (χ3n) is 6.41. The fourth-order valence-electron chi connectivity index (χ4n) is 4.32. The molecule has 2 amide bonds. The second-order valence-corrected chi connectivity index (χ2v) is 8.96. The zero-order valence-electron chi connectivity index (χ0n) is 22.2. The molecule has 1 heterocycles. The van der Waals surface area contributed by atoms with Gasteiger partial charge in [-0.1, -0.05) is 42.0 Å². The molecule has 0 spiro atoms. The molecule has 7 nitrogen and oxygen atoms in total. The topological polar surface area (TPSA) is 81.6 Å². The molecule has 1 aromatic heterocycles. The minimum Gasteiger partial charge on any atom is -0.493 e. The number of carbonyl (C=O) groups is 2. The molecule has 3 aromatic carbocycles. The van der Waals surface area contributed by atoms with Crippen molar-refractivity contribution >= 4 is 28.8 Å². The van der Waals surface area contributed by atoms with Crippen molar-refractivity contribution < 1.29 is 19.1 Å². The molecule has 0 bridgehead atoms. The van der Waals surface area contributed by atoms with Crippen LogP contribution in [0, 0.1) is 6.92 Å². The first-order valence-electron chi connectivity index (χ1n) is 12.6. The number of methoxy groups -OCH3 is 2. The van der Waals surface area contributed by atoms with Gasteiger partial charge in [-0.05, 0) is 62.2 Å². The predicted octanol–water partition coefficient (Wildman–Crippen LogP) is 5.12. The maximum absolute atomic E-state index is 13.3. The first-order chi connectivity index (χ1) is 18.4. The van der Waals surface area contributed by atoms with E-state index in [1.54, 1.807) is 32.4 Å². The minimum absolute atomic E-state index is 0.182. The molecule has 4 rings (SSSR count). The van der Waals surface area contributed by atoms with E-state index >= 15 is 0 Å². The van der Waals surface area contributed by atoms with Crippen molar-refractivity contribution in [2.75, 3.05) is 20.8 Å². The average Bonchev–Trinajstić information content (AvgIpc) is 3.30. The lowest BCUT2D eigenvalue weighted by Crippen LogP contribution is -2.35. The highest BCUT2D eigenvalue weighted by molar-refractivity contribution is 6.06. The van der Waals surface area contributed by atoms with Crippen LogP contribution < -0.4 is 20.1 Å². The van der Waals surface area contributed by atoms with E-state index in [4.69, 9.17) is 9.47 Å². The van der Waals surface area contributed by atoms with Gasteiger partial charge in [-0.2, -0.15) is 0 Å². The van der Waals surface area contributed by atoms with Gasteiger partial charge >= 0.3 is 0 Å². The van der Waals surface area contributed by atoms with Gasteiger partial charge in [-0.15, -0.1) is 0 Å². The molecule has 2 N–H and O–H groups in total. The number of hydrogen-bond acceptors (Lipinski definition) is 4. The highest BCUT2D eigenvalue weighted by Gasteiger charge is 2.16. The number of nitrogens with one attached hydrogen (secondary N) is 2. The van der Waals surface area contributed by atoms with Crippen molar-refractivity contribution in [3.63, 3.8) is 0 Å². The summed E-state index contributed by atoms with van der Waals surface area (Å²) >= 11 is 0. The Morgan fingerprint density at radius 3 is 2.39 bits per heavy atom. The van der Waals surface area contributed by atoms with E-state index < -0.39 is 0 Å². The summed E-state index contributed by atoms with van der Waals surface area (Å²) in [6, 6.07) is 20.9. The highest BCUT2D eigenvalue weighted by Crippen LogP contribution is 2.27. The van der Waals surface area contributed by atoms with Crippen molar-refractivity contribution in [3.8, 4) is 11.5 Å². The monoisotopic (exact) mass is 511 g/mol. The summed E-state index contributed by atoms with van der Waals surface area (Å²) in [7, 11) is 3.18. The smallest absolute Gasteiger partial charge is 0.267 e. The van der Waals surface area contributed by atoms with Crippen LogP contribution in [-0.4, -0.2) is 37.1 Å². The molecular weight excluding hydrogens is 478 g/mol. The SMILES string of the molecule is CCn1cc(C=C(NC(=O)c2ccc(C)cc2)C(=O)NCCc2ccc(OC)c(OC)c2)c2ccccc21. The molecule has 0 aliphatic carbocycles. The Kier molecular flexibility index (Phi) is 8.48. The highest BCUT2D eigenvalue weighted by atomic mass is 16.5. The van der Waals surface area contributed by atoms with Gasteiger partial charge in [0.2, 0.25) is 0 Å². The molecule has 7 heteroatoms. The van der Waals surface area contributed by atoms with Gasteiger partial charge in [0.15, 0.2) is 11.5 Å². The fraction of sp³-hybridized carbons (Fsp3) is 0.226. The maximum atomic E-state index is 13.3. The van der Waals surface area contributed by atoms with Crippen molar-refractivity contribution in [3.05, 3.63) is 101 Å². The standard InChI is InChI=1S/C31H33N3O4/c1-5-34-20-24(25-8-6-7-9-27(25)34)19-26(33-30(35)23-13-10-21(2)11-14-23)31(36)32-17-16-22-12-15-28(37-3)29(18-22)38-4/h6-15,18-20H,5,16-17H2,1-4H3,(H,32,36)(H,33,35). The third-order valence-corrected chi connectivity index (χ3v) is 6.41. The number of fused-ring (bicyclic) bond motifs is 1. The van der Waals surface area contributed by atoms with E-state index in [0.717, 1.165) is 34.1 Å². The lowest BCUT2D eigenvalue weighted by atomic mass is 10.1. The molecule has 38 heavy (non-hydrogen) atoms. The molecule has 0 saturated carbocycles. The number of hydrogen-bond donors (Lipinski definition) is 2. The number of aryl methyl sites for hydroxylation is 2. The van der Waals surface area contributed by atoms with Crippen LogP contribution in [0.15, 0.2) is 78.6 Å². The van der Waals surface area contributed by atoms with Gasteiger partial charge in [0.25, 0.3) is 11.8 Å². The van der Waals surface area contributed by atoms with Crippen LogP contribution in [0.1, 0.15) is 34.0 Å². The second kappa shape index (κ2) is 12.1. The maximum Gasteiger partial charge on any atom is 0.267 e. The van der Waals surface area contributed by atoms with E-state index in [2.05, 4.69) is 22.1 Å². The Labute approximate surface area is 223 Å². The second-order valence-electron chi connectivity index (χ2n) is 8.96. The zero-order valence-corrected chi connectivity index (χ0v) is 22.2. The number of amides is 2. The summed E-state index contributed by atoms with van der Waals surface area (Å²) in [6.45, 7) is 5.20. The van der Waals surface area contributed by atoms with Crippen molar-refractivity contribution in [2.24, 2.45) is 0 Å². The Hall–Kier alpha value is -4.52. The number of para-hydroxylation sites is 1. The summed E-state index contributed by atoms with van der Waals surface area (Å²) in [5.41, 5.74) is 4.63. The molecule has 0 radical (unpaired) electrons. The summed E-state index contributed by atoms with van der Waals surface area (Å²) in [4.78, 5) is 26.4. The van der Waals surface area contributed by atoms with Crippen molar-refractivity contribution in [2.45, 2.75) is 26.8 Å². The minimum atomic E-state index is -0.362. The molecular formula is C31H33N3O4. The Balaban J connectivity index is 1.58.